The summed E-state index contributed by atoms with van der Waals surface area (Å²) in [6.07, 6.45) is 5.96. The normalized spacial score (nSPS) is 41.3. The van der Waals surface area contributed by atoms with E-state index in [2.05, 4.69) is 13.5 Å². The maximum Gasteiger partial charge on any atom is 0.329 e. The first kappa shape index (κ1) is 48.9. The van der Waals surface area contributed by atoms with Crippen molar-refractivity contribution in [2.45, 2.75) is 173 Å². The lowest BCUT2D eigenvalue weighted by atomic mass is 9.74. The smallest absolute Gasteiger partial charge is 0.329 e. The molecular formula is C46H73NO12. The number of piperidine rings is 1. The minimum atomic E-state index is -2.51. The molecular weight excluding hydrogens is 759 g/mol. The first-order chi connectivity index (χ1) is 27.9. The van der Waals surface area contributed by atoms with Crippen molar-refractivity contribution in [2.75, 3.05) is 27.9 Å². The van der Waals surface area contributed by atoms with Gasteiger partial charge in [-0.25, -0.2) is 4.79 Å². The predicted molar refractivity (Wildman–Crippen MR) is 222 cm³/mol. The summed E-state index contributed by atoms with van der Waals surface area (Å²) >= 11 is 0. The molecule has 1 saturated carbocycles. The van der Waals surface area contributed by atoms with Gasteiger partial charge >= 0.3 is 5.97 Å². The van der Waals surface area contributed by atoms with Gasteiger partial charge in [-0.2, -0.15) is 0 Å². The summed E-state index contributed by atoms with van der Waals surface area (Å²) in [5.41, 5.74) is 0.586. The summed E-state index contributed by atoms with van der Waals surface area (Å²) in [6.45, 7) is 15.0. The molecule has 334 valence electrons. The highest BCUT2D eigenvalue weighted by Crippen LogP contribution is 2.40. The van der Waals surface area contributed by atoms with Crippen LogP contribution < -0.4 is 0 Å². The molecule has 0 spiro atoms. The van der Waals surface area contributed by atoms with Crippen LogP contribution in [0.15, 0.2) is 36.0 Å². The molecule has 0 aromatic rings. The average Bonchev–Trinajstić information content (AvgIpc) is 3.21. The van der Waals surface area contributed by atoms with E-state index in [1.54, 1.807) is 27.0 Å². The largest absolute Gasteiger partial charge is 0.456 e. The first-order valence-electron chi connectivity index (χ1n) is 21.8. The van der Waals surface area contributed by atoms with Crippen LogP contribution in [-0.2, 0) is 42.9 Å². The number of carbonyl (C=O) groups excluding carboxylic acids is 4. The van der Waals surface area contributed by atoms with E-state index < -0.39 is 89.5 Å². The number of hydrogen-bond acceptors (Lipinski definition) is 12. The molecule has 0 radical (unpaired) electrons. The maximum absolute atomic E-state index is 14.4. The van der Waals surface area contributed by atoms with E-state index in [9.17, 15) is 34.5 Å². The molecule has 1 aliphatic carbocycles. The zero-order chi connectivity index (χ0) is 43.8. The first-order valence-corrected chi connectivity index (χ1v) is 21.8. The number of ether oxygens (including phenoxy) is 5. The molecule has 3 aliphatic heterocycles. The molecule has 3 fully saturated rings. The number of carbonyl (C=O) groups is 4. The molecule has 3 heterocycles. The van der Waals surface area contributed by atoms with Crippen molar-refractivity contribution in [3.8, 4) is 0 Å². The number of aliphatic hydroxyl groups excluding tert-OH is 1. The van der Waals surface area contributed by atoms with Crippen LogP contribution in [0.5, 0.6) is 0 Å². The Bertz CT molecular complexity index is 1540. The Morgan fingerprint density at radius 2 is 1.66 bits per heavy atom. The number of allylic oxidation sites excluding steroid dienone is 3. The van der Waals surface area contributed by atoms with E-state index in [1.165, 1.54) is 19.1 Å². The van der Waals surface area contributed by atoms with Gasteiger partial charge in [0, 0.05) is 52.0 Å². The van der Waals surface area contributed by atoms with Gasteiger partial charge in [0.2, 0.25) is 5.79 Å². The van der Waals surface area contributed by atoms with Crippen molar-refractivity contribution in [3.63, 3.8) is 0 Å². The van der Waals surface area contributed by atoms with Gasteiger partial charge in [-0.15, -0.1) is 6.58 Å². The second kappa shape index (κ2) is 21.3. The monoisotopic (exact) mass is 832 g/mol. The molecule has 0 aromatic carbocycles. The number of hydrogen-bond donors (Lipinski definition) is 3. The van der Waals surface area contributed by atoms with Crippen LogP contribution in [0.2, 0.25) is 0 Å². The summed E-state index contributed by atoms with van der Waals surface area (Å²) in [5.74, 6) is -7.63. The fourth-order valence-electron chi connectivity index (χ4n) is 10.0. The Balaban J connectivity index is 1.76. The van der Waals surface area contributed by atoms with Crippen LogP contribution in [0.4, 0.5) is 0 Å². The van der Waals surface area contributed by atoms with Gasteiger partial charge in [0.1, 0.15) is 24.0 Å². The molecule has 14 atom stereocenters. The number of methoxy groups -OCH3 is 3. The number of amides is 1. The Morgan fingerprint density at radius 3 is 2.29 bits per heavy atom. The fraction of sp³-hybridized carbons (Fsp3) is 0.783. The number of rotatable bonds is 8. The van der Waals surface area contributed by atoms with Gasteiger partial charge in [-0.1, -0.05) is 51.5 Å². The van der Waals surface area contributed by atoms with Gasteiger partial charge in [-0.05, 0) is 102 Å². The number of Topliss-reactive ketones (excluding diaryl/α,β-unsaturated/α-hetero) is 2. The molecule has 13 heteroatoms. The summed E-state index contributed by atoms with van der Waals surface area (Å²) in [5, 5.41) is 35.1. The minimum Gasteiger partial charge on any atom is -0.456 e. The van der Waals surface area contributed by atoms with Crippen LogP contribution in [-0.4, -0.2) is 126 Å². The van der Waals surface area contributed by atoms with E-state index >= 15 is 0 Å². The second-order valence-corrected chi connectivity index (χ2v) is 18.1. The molecule has 2 bridgehead atoms. The Labute approximate surface area is 351 Å². The highest BCUT2D eigenvalue weighted by atomic mass is 16.7. The van der Waals surface area contributed by atoms with E-state index in [1.807, 2.05) is 32.9 Å². The van der Waals surface area contributed by atoms with Crippen LogP contribution in [0.1, 0.15) is 119 Å². The number of aliphatic hydroxyl groups is 3. The maximum atomic E-state index is 14.4. The highest BCUT2D eigenvalue weighted by molar-refractivity contribution is 6.39. The Hall–Kier alpha value is -2.78. The Morgan fingerprint density at radius 1 is 0.983 bits per heavy atom. The third kappa shape index (κ3) is 11.4. The number of esters is 1. The van der Waals surface area contributed by atoms with Gasteiger partial charge in [0.25, 0.3) is 11.7 Å². The lowest BCUT2D eigenvalue weighted by Crippen LogP contribution is -2.64. The van der Waals surface area contributed by atoms with Crippen LogP contribution in [0.3, 0.4) is 0 Å². The number of ketones is 2. The van der Waals surface area contributed by atoms with E-state index in [4.69, 9.17) is 23.7 Å². The van der Waals surface area contributed by atoms with Crippen LogP contribution in [0, 0.1) is 29.6 Å². The molecule has 13 nitrogen and oxygen atoms in total. The van der Waals surface area contributed by atoms with Crippen molar-refractivity contribution in [3.05, 3.63) is 36.0 Å². The van der Waals surface area contributed by atoms with Gasteiger partial charge < -0.3 is 43.9 Å². The molecule has 1 amide bonds. The van der Waals surface area contributed by atoms with Gasteiger partial charge in [-0.3, -0.25) is 14.4 Å². The van der Waals surface area contributed by atoms with Crippen LogP contribution in [0.25, 0.3) is 0 Å². The molecule has 0 aromatic heterocycles. The third-order valence-corrected chi connectivity index (χ3v) is 13.6. The standard InChI is InChI=1S/C46H73NO12/c1-11-17-45(53)18-16-32(25-39(45)57-10)23-29(5)40-31(7)35(48)26-36(49)33(12-2)21-27(3)20-28(4)22-37(55-8)41-38(56-9)24-30(6)46(54,59-41)42(50)43(51)47-19-14-13-15-34(47)44(52)58-40/h11,21,23,28,30-35,37-41,48,53-54H,1,12-20,22,24-26H2,2-10H3/b27-21+,29-23?. The van der Waals surface area contributed by atoms with E-state index in [0.29, 0.717) is 63.4 Å². The molecule has 4 aliphatic rings. The summed E-state index contributed by atoms with van der Waals surface area (Å²) < 4.78 is 30.0. The number of fused-ring (bicyclic) bond motifs is 3. The lowest BCUT2D eigenvalue weighted by molar-refractivity contribution is -0.302. The summed E-state index contributed by atoms with van der Waals surface area (Å²) in [6, 6.07) is -1.15. The zero-order valence-corrected chi connectivity index (χ0v) is 37.0. The molecule has 4 rings (SSSR count). The molecule has 59 heavy (non-hydrogen) atoms. The van der Waals surface area contributed by atoms with Crippen molar-refractivity contribution >= 4 is 23.4 Å². The summed E-state index contributed by atoms with van der Waals surface area (Å²) in [4.78, 5) is 58.0. The summed E-state index contributed by atoms with van der Waals surface area (Å²) in [7, 11) is 4.63. The molecule has 2 saturated heterocycles. The topological polar surface area (TPSA) is 178 Å². The van der Waals surface area contributed by atoms with Crippen molar-refractivity contribution in [1.29, 1.82) is 0 Å². The van der Waals surface area contributed by atoms with Gasteiger partial charge in [0.05, 0.1) is 30.0 Å². The van der Waals surface area contributed by atoms with Crippen LogP contribution >= 0.6 is 0 Å². The predicted octanol–water partition coefficient (Wildman–Crippen LogP) is 5.42. The zero-order valence-electron chi connectivity index (χ0n) is 37.0. The lowest BCUT2D eigenvalue weighted by Gasteiger charge is -2.47. The minimum absolute atomic E-state index is 0.0290. The number of cyclic esters (lactones) is 1. The molecule has 14 unspecified atom stereocenters. The SMILES string of the molecule is C=CCC1(O)CCC(C=C(C)C2OC(=O)C3CCCCN3C(=O)C(=O)C3(O)OC(C(OC)CC(C)C/C(C)=C/C(CC)C(=O)CC(O)C2C)C(OC)CC3C)CC1OC. The van der Waals surface area contributed by atoms with Crippen molar-refractivity contribution in [2.24, 2.45) is 29.6 Å². The second-order valence-electron chi connectivity index (χ2n) is 18.1. The fourth-order valence-corrected chi connectivity index (χ4v) is 10.0. The molecule has 3 N–H and O–H groups in total. The average molecular weight is 832 g/mol. The Kier molecular flexibility index (Phi) is 17.7. The van der Waals surface area contributed by atoms with E-state index in [-0.39, 0.29) is 43.4 Å². The van der Waals surface area contributed by atoms with Gasteiger partial charge in [0.15, 0.2) is 0 Å². The van der Waals surface area contributed by atoms with E-state index in [0.717, 1.165) is 5.57 Å². The van der Waals surface area contributed by atoms with Crippen molar-refractivity contribution < 1.29 is 58.2 Å². The number of nitrogens with zero attached hydrogens (tertiary/aromatic N) is 1. The van der Waals surface area contributed by atoms with Crippen molar-refractivity contribution in [1.82, 2.24) is 4.90 Å². The third-order valence-electron chi connectivity index (χ3n) is 13.6. The quantitative estimate of drug-likeness (QED) is 0.161. The highest BCUT2D eigenvalue weighted by Gasteiger charge is 2.56.